The Bertz CT molecular complexity index is 768. The van der Waals surface area contributed by atoms with Gasteiger partial charge in [-0.1, -0.05) is 6.07 Å². The van der Waals surface area contributed by atoms with Crippen LogP contribution < -0.4 is 4.72 Å². The van der Waals surface area contributed by atoms with Gasteiger partial charge in [-0.25, -0.2) is 17.2 Å². The zero-order valence-electron chi connectivity index (χ0n) is 10.3. The molecule has 1 aromatic carbocycles. The topological polar surface area (TPSA) is 101 Å². The highest BCUT2D eigenvalue weighted by Gasteiger charge is 2.24. The van der Waals surface area contributed by atoms with Crippen molar-refractivity contribution in [1.82, 2.24) is 9.78 Å². The standard InChI is InChI=1S/C11H9F2N3O4S/c12-8-2-1-3-9(13)11(8)21(19,20)15-7-4-14-16(5-7)6-10(17)18/h1-5,15H,6H2,(H,17,18). The second kappa shape index (κ2) is 5.48. The normalized spacial score (nSPS) is 11.3. The maximum atomic E-state index is 13.5. The van der Waals surface area contributed by atoms with E-state index in [2.05, 4.69) is 5.10 Å². The van der Waals surface area contributed by atoms with E-state index in [9.17, 15) is 22.0 Å². The van der Waals surface area contributed by atoms with Gasteiger partial charge in [0, 0.05) is 6.20 Å². The molecule has 2 rings (SSSR count). The quantitative estimate of drug-likeness (QED) is 0.858. The summed E-state index contributed by atoms with van der Waals surface area (Å²) in [6, 6.07) is 2.66. The van der Waals surface area contributed by atoms with Gasteiger partial charge in [0.05, 0.1) is 11.9 Å². The molecule has 2 N–H and O–H groups in total. The minimum atomic E-state index is -4.49. The molecule has 0 saturated carbocycles. The first-order chi connectivity index (χ1) is 9.79. The number of rotatable bonds is 5. The maximum Gasteiger partial charge on any atom is 0.325 e. The zero-order chi connectivity index (χ0) is 15.6. The van der Waals surface area contributed by atoms with E-state index >= 15 is 0 Å². The minimum absolute atomic E-state index is 0.112. The summed E-state index contributed by atoms with van der Waals surface area (Å²) in [5.41, 5.74) is -0.112. The third-order valence-electron chi connectivity index (χ3n) is 2.37. The van der Waals surface area contributed by atoms with Gasteiger partial charge in [-0.15, -0.1) is 0 Å². The fourth-order valence-corrected chi connectivity index (χ4v) is 2.75. The first kappa shape index (κ1) is 14.9. The molecular weight excluding hydrogens is 308 g/mol. The van der Waals surface area contributed by atoms with E-state index in [1.807, 2.05) is 4.72 Å². The SMILES string of the molecule is O=C(O)Cn1cc(NS(=O)(=O)c2c(F)cccc2F)cn1. The van der Waals surface area contributed by atoms with Crippen LogP contribution in [0.4, 0.5) is 14.5 Å². The largest absolute Gasteiger partial charge is 0.480 e. The number of carboxylic acid groups (broad SMARTS) is 1. The van der Waals surface area contributed by atoms with Gasteiger partial charge in [0.15, 0.2) is 4.90 Å². The second-order valence-corrected chi connectivity index (χ2v) is 5.60. The molecule has 0 aliphatic carbocycles. The fourth-order valence-electron chi connectivity index (χ4n) is 1.59. The van der Waals surface area contributed by atoms with Crippen LogP contribution in [0.1, 0.15) is 0 Å². The summed E-state index contributed by atoms with van der Waals surface area (Å²) in [6.07, 6.45) is 2.11. The van der Waals surface area contributed by atoms with E-state index < -0.39 is 39.1 Å². The third-order valence-corrected chi connectivity index (χ3v) is 3.80. The molecule has 2 aromatic rings. The monoisotopic (exact) mass is 317 g/mol. The number of nitrogens with one attached hydrogen (secondary N) is 1. The number of aromatic nitrogens is 2. The predicted molar refractivity (Wildman–Crippen MR) is 67.0 cm³/mol. The van der Waals surface area contributed by atoms with E-state index in [1.54, 1.807) is 0 Å². The summed E-state index contributed by atoms with van der Waals surface area (Å²) in [6.45, 7) is -0.476. The Morgan fingerprint density at radius 2 is 1.95 bits per heavy atom. The molecule has 112 valence electrons. The Hall–Kier alpha value is -2.49. The van der Waals surface area contributed by atoms with Gasteiger partial charge in [0.2, 0.25) is 0 Å². The number of hydrogen-bond donors (Lipinski definition) is 2. The van der Waals surface area contributed by atoms with Crippen molar-refractivity contribution in [2.24, 2.45) is 0 Å². The molecule has 0 aliphatic heterocycles. The first-order valence-corrected chi connectivity index (χ1v) is 6.99. The molecular formula is C11H9F2N3O4S. The van der Waals surface area contributed by atoms with Crippen LogP contribution in [0.2, 0.25) is 0 Å². The van der Waals surface area contributed by atoms with Crippen LogP contribution in [0.25, 0.3) is 0 Å². The van der Waals surface area contributed by atoms with Crippen LogP contribution in [0.5, 0.6) is 0 Å². The van der Waals surface area contributed by atoms with Crippen molar-refractivity contribution >= 4 is 21.7 Å². The van der Waals surface area contributed by atoms with Gasteiger partial charge in [-0.3, -0.25) is 14.2 Å². The van der Waals surface area contributed by atoms with Gasteiger partial charge in [0.1, 0.15) is 18.2 Å². The first-order valence-electron chi connectivity index (χ1n) is 5.50. The number of sulfonamides is 1. The third kappa shape index (κ3) is 3.34. The van der Waals surface area contributed by atoms with Gasteiger partial charge < -0.3 is 5.11 Å². The van der Waals surface area contributed by atoms with Crippen molar-refractivity contribution < 1.29 is 27.1 Å². The van der Waals surface area contributed by atoms with E-state index in [-0.39, 0.29) is 5.69 Å². The van der Waals surface area contributed by atoms with Crippen molar-refractivity contribution in [3.63, 3.8) is 0 Å². The van der Waals surface area contributed by atoms with E-state index in [4.69, 9.17) is 5.11 Å². The smallest absolute Gasteiger partial charge is 0.325 e. The average Bonchev–Trinajstić information content (AvgIpc) is 2.73. The molecule has 0 aliphatic rings. The highest BCUT2D eigenvalue weighted by Crippen LogP contribution is 2.21. The van der Waals surface area contributed by atoms with Crippen molar-refractivity contribution in [3.8, 4) is 0 Å². The second-order valence-electron chi connectivity index (χ2n) is 3.98. The fraction of sp³-hybridized carbons (Fsp3) is 0.0909. The van der Waals surface area contributed by atoms with Crippen LogP contribution in [0.3, 0.4) is 0 Å². The van der Waals surface area contributed by atoms with Crippen molar-refractivity contribution in [3.05, 3.63) is 42.2 Å². The van der Waals surface area contributed by atoms with Crippen LogP contribution in [0.15, 0.2) is 35.5 Å². The number of hydrogen-bond acceptors (Lipinski definition) is 4. The van der Waals surface area contributed by atoms with Crippen LogP contribution >= 0.6 is 0 Å². The van der Waals surface area contributed by atoms with Gasteiger partial charge in [-0.2, -0.15) is 5.10 Å². The lowest BCUT2D eigenvalue weighted by atomic mass is 10.3. The van der Waals surface area contributed by atoms with Gasteiger partial charge >= 0.3 is 5.97 Å². The van der Waals surface area contributed by atoms with Crippen LogP contribution in [0, 0.1) is 11.6 Å². The number of carboxylic acids is 1. The van der Waals surface area contributed by atoms with E-state index in [0.29, 0.717) is 0 Å². The number of anilines is 1. The van der Waals surface area contributed by atoms with Gasteiger partial charge in [-0.05, 0) is 12.1 Å². The molecule has 0 unspecified atom stereocenters. The van der Waals surface area contributed by atoms with E-state index in [1.165, 1.54) is 0 Å². The Morgan fingerprint density at radius 1 is 1.33 bits per heavy atom. The van der Waals surface area contributed by atoms with Crippen molar-refractivity contribution in [2.45, 2.75) is 11.4 Å². The summed E-state index contributed by atoms with van der Waals surface area (Å²) in [5, 5.41) is 12.2. The molecule has 1 heterocycles. The van der Waals surface area contributed by atoms with Gasteiger partial charge in [0.25, 0.3) is 10.0 Å². The summed E-state index contributed by atoms with van der Waals surface area (Å²) < 4.78 is 53.7. The highest BCUT2D eigenvalue weighted by molar-refractivity contribution is 7.92. The number of halogens is 2. The lowest BCUT2D eigenvalue weighted by Gasteiger charge is -2.07. The average molecular weight is 317 g/mol. The summed E-state index contributed by atoms with van der Waals surface area (Å²) >= 11 is 0. The van der Waals surface area contributed by atoms with Crippen LogP contribution in [-0.2, 0) is 21.4 Å². The molecule has 0 radical (unpaired) electrons. The van der Waals surface area contributed by atoms with Crippen molar-refractivity contribution in [2.75, 3.05) is 4.72 Å². The number of benzene rings is 1. The molecule has 0 fully saturated rings. The number of carbonyl (C=O) groups is 1. The summed E-state index contributed by atoms with van der Waals surface area (Å²) in [7, 11) is -4.49. The summed E-state index contributed by atoms with van der Waals surface area (Å²) in [4.78, 5) is 9.36. The Morgan fingerprint density at radius 3 is 2.52 bits per heavy atom. The highest BCUT2D eigenvalue weighted by atomic mass is 32.2. The van der Waals surface area contributed by atoms with E-state index in [0.717, 1.165) is 35.3 Å². The molecule has 0 bridgehead atoms. The predicted octanol–water partition coefficient (Wildman–Crippen LogP) is 1.05. The summed E-state index contributed by atoms with van der Waals surface area (Å²) in [5.74, 6) is -3.64. The molecule has 10 heteroatoms. The molecule has 0 atom stereocenters. The Labute approximate surface area is 117 Å². The Balaban J connectivity index is 2.29. The molecule has 0 amide bonds. The zero-order valence-corrected chi connectivity index (χ0v) is 11.1. The maximum absolute atomic E-state index is 13.5. The molecule has 1 aromatic heterocycles. The number of aliphatic carboxylic acids is 1. The number of nitrogens with zero attached hydrogens (tertiary/aromatic N) is 2. The Kier molecular flexibility index (Phi) is 3.89. The molecule has 0 spiro atoms. The molecule has 0 saturated heterocycles. The lowest BCUT2D eigenvalue weighted by Crippen LogP contribution is -2.16. The lowest BCUT2D eigenvalue weighted by molar-refractivity contribution is -0.137. The minimum Gasteiger partial charge on any atom is -0.480 e. The van der Waals surface area contributed by atoms with Crippen molar-refractivity contribution in [1.29, 1.82) is 0 Å². The molecule has 7 nitrogen and oxygen atoms in total. The van der Waals surface area contributed by atoms with Crippen LogP contribution in [-0.4, -0.2) is 29.3 Å². The molecule has 21 heavy (non-hydrogen) atoms.